The van der Waals surface area contributed by atoms with Crippen LogP contribution in [0.4, 0.5) is 10.5 Å². The number of aryl methyl sites for hydroxylation is 1. The minimum atomic E-state index is -0.269. The maximum atomic E-state index is 11.1. The zero-order valence-electron chi connectivity index (χ0n) is 8.16. The van der Waals surface area contributed by atoms with E-state index >= 15 is 0 Å². The van der Waals surface area contributed by atoms with Gasteiger partial charge in [-0.2, -0.15) is 0 Å². The first kappa shape index (κ1) is 8.43. The fourth-order valence-corrected chi connectivity index (χ4v) is 1.88. The van der Waals surface area contributed by atoms with Crippen LogP contribution in [0.5, 0.6) is 0 Å². The molecule has 2 amide bonds. The van der Waals surface area contributed by atoms with Gasteiger partial charge in [-0.05, 0) is 13.0 Å². The Morgan fingerprint density at radius 1 is 1.40 bits per heavy atom. The number of carbonyl (C=O) groups excluding carboxylic acids is 1. The highest BCUT2D eigenvalue weighted by Crippen LogP contribution is 2.34. The summed E-state index contributed by atoms with van der Waals surface area (Å²) in [5.41, 5.74) is 8.65. The molecule has 3 rings (SSSR count). The lowest BCUT2D eigenvalue weighted by Crippen LogP contribution is -2.57. The Morgan fingerprint density at radius 3 is 3.13 bits per heavy atom. The second-order valence-corrected chi connectivity index (χ2v) is 3.72. The van der Waals surface area contributed by atoms with Crippen molar-refractivity contribution < 1.29 is 4.79 Å². The molecule has 1 saturated heterocycles. The molecule has 76 valence electrons. The molecule has 2 heterocycles. The summed E-state index contributed by atoms with van der Waals surface area (Å²) in [7, 11) is 0. The van der Waals surface area contributed by atoms with Crippen molar-refractivity contribution >= 4 is 17.6 Å². The Balaban J connectivity index is 2.06. The number of nitrogens with one attached hydrogen (secondary N) is 3. The largest absolute Gasteiger partial charge is 0.334 e. The number of amidine groups is 1. The number of amides is 2. The lowest BCUT2D eigenvalue weighted by molar-refractivity contribution is 0.236. The average molecular weight is 202 g/mol. The normalized spacial score (nSPS) is 22.3. The highest BCUT2D eigenvalue weighted by Gasteiger charge is 2.31. The SMILES string of the molecule is Cc1ccc2c(c1)C1NNC(=O)NC1=N2. The highest BCUT2D eigenvalue weighted by molar-refractivity contribution is 6.06. The molecule has 0 aliphatic carbocycles. The van der Waals surface area contributed by atoms with Gasteiger partial charge >= 0.3 is 6.03 Å². The summed E-state index contributed by atoms with van der Waals surface area (Å²) in [6.45, 7) is 2.03. The van der Waals surface area contributed by atoms with E-state index < -0.39 is 0 Å². The predicted octanol–water partition coefficient (Wildman–Crippen LogP) is 0.897. The quantitative estimate of drug-likeness (QED) is 0.585. The molecule has 1 fully saturated rings. The van der Waals surface area contributed by atoms with Crippen molar-refractivity contribution in [1.29, 1.82) is 0 Å². The third-order valence-corrected chi connectivity index (χ3v) is 2.58. The van der Waals surface area contributed by atoms with E-state index in [0.29, 0.717) is 5.84 Å². The molecule has 0 radical (unpaired) electrons. The van der Waals surface area contributed by atoms with Gasteiger partial charge in [0.15, 0.2) is 0 Å². The first-order valence-corrected chi connectivity index (χ1v) is 4.76. The number of aliphatic imine (C=N–C) groups is 1. The molecule has 1 atom stereocenters. The Labute approximate surface area is 86.6 Å². The summed E-state index contributed by atoms with van der Waals surface area (Å²) in [4.78, 5) is 15.4. The number of hydrogen-bond acceptors (Lipinski definition) is 3. The van der Waals surface area contributed by atoms with Crippen molar-refractivity contribution in [2.75, 3.05) is 0 Å². The van der Waals surface area contributed by atoms with Gasteiger partial charge in [0.05, 0.1) is 5.69 Å². The second kappa shape index (κ2) is 2.80. The number of hydrogen-bond donors (Lipinski definition) is 3. The molecule has 5 nitrogen and oxygen atoms in total. The number of nitrogens with zero attached hydrogens (tertiary/aromatic N) is 1. The van der Waals surface area contributed by atoms with Crippen LogP contribution in [0, 0.1) is 6.92 Å². The lowest BCUT2D eigenvalue weighted by Gasteiger charge is -2.23. The maximum Gasteiger partial charge on any atom is 0.334 e. The Morgan fingerprint density at radius 2 is 2.27 bits per heavy atom. The van der Waals surface area contributed by atoms with E-state index in [1.807, 2.05) is 19.1 Å². The Hall–Kier alpha value is -1.88. The molecule has 1 aromatic rings. The maximum absolute atomic E-state index is 11.1. The van der Waals surface area contributed by atoms with Gasteiger partial charge in [-0.3, -0.25) is 10.7 Å². The molecule has 15 heavy (non-hydrogen) atoms. The first-order chi connectivity index (χ1) is 7.24. The summed E-state index contributed by atoms with van der Waals surface area (Å²) in [6, 6.07) is 5.73. The van der Waals surface area contributed by atoms with Gasteiger partial charge in [0.1, 0.15) is 11.9 Å². The van der Waals surface area contributed by atoms with Gasteiger partial charge in [0, 0.05) is 5.56 Å². The van der Waals surface area contributed by atoms with Gasteiger partial charge in [-0.1, -0.05) is 17.7 Å². The van der Waals surface area contributed by atoms with E-state index in [9.17, 15) is 4.79 Å². The molecular weight excluding hydrogens is 192 g/mol. The minimum absolute atomic E-state index is 0.0439. The zero-order valence-corrected chi connectivity index (χ0v) is 8.16. The van der Waals surface area contributed by atoms with Crippen molar-refractivity contribution in [3.63, 3.8) is 0 Å². The number of benzene rings is 1. The van der Waals surface area contributed by atoms with E-state index in [4.69, 9.17) is 0 Å². The average Bonchev–Trinajstić information content (AvgIpc) is 2.54. The van der Waals surface area contributed by atoms with Crippen molar-refractivity contribution in [1.82, 2.24) is 16.2 Å². The number of fused-ring (bicyclic) bond motifs is 3. The lowest BCUT2D eigenvalue weighted by atomic mass is 10.0. The Kier molecular flexibility index (Phi) is 1.58. The number of urea groups is 1. The molecule has 0 saturated carbocycles. The third kappa shape index (κ3) is 1.20. The third-order valence-electron chi connectivity index (χ3n) is 2.58. The summed E-state index contributed by atoms with van der Waals surface area (Å²) < 4.78 is 0. The van der Waals surface area contributed by atoms with Crippen LogP contribution in [0.2, 0.25) is 0 Å². The van der Waals surface area contributed by atoms with Crippen LogP contribution < -0.4 is 16.2 Å². The van der Waals surface area contributed by atoms with Crippen LogP contribution in [0.1, 0.15) is 17.2 Å². The van der Waals surface area contributed by atoms with Crippen LogP contribution in [0.25, 0.3) is 0 Å². The van der Waals surface area contributed by atoms with Crippen LogP contribution in [0.15, 0.2) is 23.2 Å². The van der Waals surface area contributed by atoms with E-state index in [1.54, 1.807) is 0 Å². The fourth-order valence-electron chi connectivity index (χ4n) is 1.88. The van der Waals surface area contributed by atoms with E-state index in [0.717, 1.165) is 11.3 Å². The van der Waals surface area contributed by atoms with Gasteiger partial charge in [-0.15, -0.1) is 0 Å². The minimum Gasteiger partial charge on any atom is -0.293 e. The number of hydrazine groups is 1. The molecule has 1 unspecified atom stereocenters. The summed E-state index contributed by atoms with van der Waals surface area (Å²) >= 11 is 0. The Bertz CT molecular complexity index is 480. The first-order valence-electron chi connectivity index (χ1n) is 4.76. The predicted molar refractivity (Wildman–Crippen MR) is 55.8 cm³/mol. The standard InChI is InChI=1S/C10H10N4O/c1-5-2-3-7-6(4-5)8-9(11-7)12-10(15)14-13-8/h2-4,8,13H,1H3,(H2,11,12,14,15). The number of carbonyl (C=O) groups is 1. The van der Waals surface area contributed by atoms with Gasteiger partial charge in [0.25, 0.3) is 0 Å². The molecule has 0 bridgehead atoms. The number of rotatable bonds is 0. The molecule has 2 aliphatic heterocycles. The topological polar surface area (TPSA) is 65.5 Å². The summed E-state index contributed by atoms with van der Waals surface area (Å²) in [6.07, 6.45) is 0. The molecule has 0 aromatic heterocycles. The molecule has 2 aliphatic rings. The molecule has 5 heteroatoms. The second-order valence-electron chi connectivity index (χ2n) is 3.72. The zero-order chi connectivity index (χ0) is 10.4. The monoisotopic (exact) mass is 202 g/mol. The summed E-state index contributed by atoms with van der Waals surface area (Å²) in [5, 5.41) is 2.68. The van der Waals surface area contributed by atoms with E-state index in [2.05, 4.69) is 27.2 Å². The smallest absolute Gasteiger partial charge is 0.293 e. The summed E-state index contributed by atoms with van der Waals surface area (Å²) in [5.74, 6) is 0.666. The molecular formula is C10H10N4O. The molecule has 1 aromatic carbocycles. The van der Waals surface area contributed by atoms with Crippen molar-refractivity contribution in [2.45, 2.75) is 13.0 Å². The van der Waals surface area contributed by atoms with Crippen molar-refractivity contribution in [2.24, 2.45) is 4.99 Å². The van der Waals surface area contributed by atoms with Gasteiger partial charge in [-0.25, -0.2) is 15.2 Å². The van der Waals surface area contributed by atoms with Crippen LogP contribution in [-0.4, -0.2) is 11.9 Å². The van der Waals surface area contributed by atoms with Gasteiger partial charge < -0.3 is 0 Å². The van der Waals surface area contributed by atoms with Crippen molar-refractivity contribution in [3.05, 3.63) is 29.3 Å². The fraction of sp³-hybridized carbons (Fsp3) is 0.200. The molecule has 3 N–H and O–H groups in total. The highest BCUT2D eigenvalue weighted by atomic mass is 16.2. The van der Waals surface area contributed by atoms with E-state index in [-0.39, 0.29) is 12.1 Å². The van der Waals surface area contributed by atoms with E-state index in [1.165, 1.54) is 5.56 Å². The van der Waals surface area contributed by atoms with Crippen LogP contribution in [0.3, 0.4) is 0 Å². The van der Waals surface area contributed by atoms with Crippen LogP contribution >= 0.6 is 0 Å². The van der Waals surface area contributed by atoms with Crippen LogP contribution in [-0.2, 0) is 0 Å². The molecule has 0 spiro atoms. The van der Waals surface area contributed by atoms with Crippen molar-refractivity contribution in [3.8, 4) is 0 Å². The van der Waals surface area contributed by atoms with Gasteiger partial charge in [0.2, 0.25) is 0 Å².